The van der Waals surface area contributed by atoms with Crippen molar-refractivity contribution in [2.75, 3.05) is 31.1 Å². The van der Waals surface area contributed by atoms with Crippen LogP contribution in [0.1, 0.15) is 18.0 Å². The Hall–Kier alpha value is -1.79. The van der Waals surface area contributed by atoms with E-state index in [9.17, 15) is 4.79 Å². The summed E-state index contributed by atoms with van der Waals surface area (Å²) in [5.41, 5.74) is 8.63. The first-order chi connectivity index (χ1) is 13.1. The number of hydrogen-bond donors (Lipinski definition) is 2. The summed E-state index contributed by atoms with van der Waals surface area (Å²) in [5, 5.41) is 1.45. The molecule has 2 aromatic carbocycles. The van der Waals surface area contributed by atoms with Crippen LogP contribution in [-0.2, 0) is 4.79 Å². The Morgan fingerprint density at radius 2 is 1.67 bits per heavy atom. The summed E-state index contributed by atoms with van der Waals surface area (Å²) < 4.78 is 0. The average molecular weight is 405 g/mol. The smallest absolute Gasteiger partial charge is 0.241 e. The molecule has 142 valence electrons. The van der Waals surface area contributed by atoms with Gasteiger partial charge in [-0.1, -0.05) is 35.3 Å². The fourth-order valence-corrected chi connectivity index (χ4v) is 4.04. The van der Waals surface area contributed by atoms with E-state index in [2.05, 4.69) is 15.8 Å². The molecule has 0 aromatic heterocycles. The number of hydrazine groups is 1. The molecule has 2 fully saturated rings. The molecular weight excluding hydrogens is 383 g/mol. The van der Waals surface area contributed by atoms with Gasteiger partial charge in [-0.3, -0.25) is 4.79 Å². The van der Waals surface area contributed by atoms with Crippen LogP contribution >= 0.6 is 23.2 Å². The van der Waals surface area contributed by atoms with E-state index in [1.807, 2.05) is 53.4 Å². The molecule has 27 heavy (non-hydrogen) atoms. The number of hydrogen-bond acceptors (Lipinski definition) is 4. The minimum Gasteiger partial charge on any atom is -0.368 e. The first kappa shape index (κ1) is 18.6. The molecule has 7 heteroatoms. The van der Waals surface area contributed by atoms with Crippen molar-refractivity contribution in [3.63, 3.8) is 0 Å². The Kier molecular flexibility index (Phi) is 5.55. The zero-order valence-electron chi connectivity index (χ0n) is 14.9. The van der Waals surface area contributed by atoms with E-state index in [0.717, 1.165) is 48.9 Å². The molecule has 2 saturated heterocycles. The van der Waals surface area contributed by atoms with Crippen LogP contribution in [0.5, 0.6) is 0 Å². The van der Waals surface area contributed by atoms with Crippen molar-refractivity contribution in [3.05, 3.63) is 64.1 Å². The fraction of sp³-hybridized carbons (Fsp3) is 0.350. The van der Waals surface area contributed by atoms with Crippen molar-refractivity contribution in [1.82, 2.24) is 15.8 Å². The first-order valence-corrected chi connectivity index (χ1v) is 9.91. The van der Waals surface area contributed by atoms with Crippen LogP contribution in [0.25, 0.3) is 0 Å². The number of carbonyl (C=O) groups is 1. The highest BCUT2D eigenvalue weighted by Gasteiger charge is 2.34. The van der Waals surface area contributed by atoms with Gasteiger partial charge < -0.3 is 9.80 Å². The Morgan fingerprint density at radius 3 is 2.37 bits per heavy atom. The molecule has 0 aliphatic carbocycles. The molecule has 1 amide bonds. The van der Waals surface area contributed by atoms with Gasteiger partial charge in [-0.25, -0.2) is 10.9 Å². The van der Waals surface area contributed by atoms with Crippen molar-refractivity contribution in [2.24, 2.45) is 0 Å². The SMILES string of the molecule is O=C(C1CC(c2cccc(Cl)c2)NN1)N1CCN(c2ccc(Cl)cc2)CC1. The highest BCUT2D eigenvalue weighted by atomic mass is 35.5. The molecule has 4 rings (SSSR count). The normalized spacial score (nSPS) is 22.9. The van der Waals surface area contributed by atoms with Crippen LogP contribution in [0, 0.1) is 0 Å². The van der Waals surface area contributed by atoms with Gasteiger partial charge >= 0.3 is 0 Å². The summed E-state index contributed by atoms with van der Waals surface area (Å²) in [6.07, 6.45) is 0.719. The average Bonchev–Trinajstić information content (AvgIpc) is 3.18. The van der Waals surface area contributed by atoms with Crippen molar-refractivity contribution in [1.29, 1.82) is 0 Å². The topological polar surface area (TPSA) is 47.6 Å². The number of benzene rings is 2. The maximum absolute atomic E-state index is 12.9. The van der Waals surface area contributed by atoms with Gasteiger partial charge in [0.25, 0.3) is 0 Å². The highest BCUT2D eigenvalue weighted by Crippen LogP contribution is 2.26. The van der Waals surface area contributed by atoms with Crippen LogP contribution in [-0.4, -0.2) is 43.0 Å². The second kappa shape index (κ2) is 8.07. The number of piperazine rings is 1. The van der Waals surface area contributed by atoms with Crippen LogP contribution in [0.3, 0.4) is 0 Å². The molecule has 2 aliphatic rings. The van der Waals surface area contributed by atoms with Crippen LogP contribution in [0.4, 0.5) is 5.69 Å². The molecule has 2 heterocycles. The number of amides is 1. The van der Waals surface area contributed by atoms with E-state index in [4.69, 9.17) is 23.2 Å². The van der Waals surface area contributed by atoms with Crippen LogP contribution in [0.15, 0.2) is 48.5 Å². The van der Waals surface area contributed by atoms with Gasteiger partial charge in [0.2, 0.25) is 5.91 Å². The number of carbonyl (C=O) groups excluding carboxylic acids is 1. The number of nitrogens with one attached hydrogen (secondary N) is 2. The lowest BCUT2D eigenvalue weighted by Crippen LogP contribution is -2.53. The minimum atomic E-state index is -0.212. The molecule has 2 aromatic rings. The molecule has 0 radical (unpaired) electrons. The zero-order chi connectivity index (χ0) is 18.8. The molecule has 5 nitrogen and oxygen atoms in total. The number of rotatable bonds is 3. The Morgan fingerprint density at radius 1 is 0.926 bits per heavy atom. The maximum Gasteiger partial charge on any atom is 0.241 e. The molecule has 0 spiro atoms. The highest BCUT2D eigenvalue weighted by molar-refractivity contribution is 6.30. The lowest BCUT2D eigenvalue weighted by molar-refractivity contribution is -0.133. The van der Waals surface area contributed by atoms with Crippen molar-refractivity contribution < 1.29 is 4.79 Å². The molecule has 2 aliphatic heterocycles. The van der Waals surface area contributed by atoms with Crippen LogP contribution < -0.4 is 15.8 Å². The van der Waals surface area contributed by atoms with Gasteiger partial charge in [-0.2, -0.15) is 0 Å². The lowest BCUT2D eigenvalue weighted by Gasteiger charge is -2.37. The maximum atomic E-state index is 12.9. The Labute approximate surface area is 169 Å². The predicted octanol–water partition coefficient (Wildman–Crippen LogP) is 3.25. The third-order valence-corrected chi connectivity index (χ3v) is 5.72. The molecule has 2 N–H and O–H groups in total. The van der Waals surface area contributed by atoms with Crippen molar-refractivity contribution >= 4 is 34.8 Å². The molecule has 2 atom stereocenters. The summed E-state index contributed by atoms with van der Waals surface area (Å²) >= 11 is 12.0. The largest absolute Gasteiger partial charge is 0.368 e. The summed E-state index contributed by atoms with van der Waals surface area (Å²) in [7, 11) is 0. The van der Waals surface area contributed by atoms with Gasteiger partial charge in [0.05, 0.1) is 0 Å². The zero-order valence-corrected chi connectivity index (χ0v) is 16.4. The number of nitrogens with zero attached hydrogens (tertiary/aromatic N) is 2. The van der Waals surface area contributed by atoms with Gasteiger partial charge in [0.1, 0.15) is 6.04 Å². The van der Waals surface area contributed by atoms with E-state index in [1.54, 1.807) is 0 Å². The number of halogens is 2. The van der Waals surface area contributed by atoms with E-state index in [-0.39, 0.29) is 18.0 Å². The van der Waals surface area contributed by atoms with E-state index in [1.165, 1.54) is 0 Å². The van der Waals surface area contributed by atoms with E-state index in [0.29, 0.717) is 5.02 Å². The second-order valence-electron chi connectivity index (χ2n) is 6.97. The van der Waals surface area contributed by atoms with E-state index >= 15 is 0 Å². The van der Waals surface area contributed by atoms with Gasteiger partial charge in [-0.15, -0.1) is 0 Å². The standard InChI is InChI=1S/C20H22Cl2N4O/c21-15-4-6-17(7-5-15)25-8-10-26(11-9-25)20(27)19-13-18(23-24-19)14-2-1-3-16(22)12-14/h1-7,12,18-19,23-24H,8-11,13H2. The molecular formula is C20H22Cl2N4O. The Balaban J connectivity index is 1.32. The predicted molar refractivity (Wildman–Crippen MR) is 109 cm³/mol. The summed E-state index contributed by atoms with van der Waals surface area (Å²) in [4.78, 5) is 17.1. The van der Waals surface area contributed by atoms with Gasteiger partial charge in [0, 0.05) is 48.0 Å². The summed E-state index contributed by atoms with van der Waals surface area (Å²) in [5.74, 6) is 0.155. The molecule has 0 saturated carbocycles. The second-order valence-corrected chi connectivity index (χ2v) is 7.85. The van der Waals surface area contributed by atoms with Crippen molar-refractivity contribution in [3.8, 4) is 0 Å². The minimum absolute atomic E-state index is 0.0907. The molecule has 2 unspecified atom stereocenters. The third-order valence-electron chi connectivity index (χ3n) is 5.24. The van der Waals surface area contributed by atoms with Gasteiger partial charge in [-0.05, 0) is 48.4 Å². The van der Waals surface area contributed by atoms with Crippen LogP contribution in [0.2, 0.25) is 10.0 Å². The summed E-state index contributed by atoms with van der Waals surface area (Å²) in [6.45, 7) is 3.10. The monoisotopic (exact) mass is 404 g/mol. The molecule has 0 bridgehead atoms. The summed E-state index contributed by atoms with van der Waals surface area (Å²) in [6, 6.07) is 15.5. The van der Waals surface area contributed by atoms with E-state index < -0.39 is 0 Å². The quantitative estimate of drug-likeness (QED) is 0.823. The lowest BCUT2D eigenvalue weighted by atomic mass is 10.0. The van der Waals surface area contributed by atoms with Crippen molar-refractivity contribution in [2.45, 2.75) is 18.5 Å². The number of anilines is 1. The third kappa shape index (κ3) is 4.22. The van der Waals surface area contributed by atoms with Gasteiger partial charge in [0.15, 0.2) is 0 Å². The first-order valence-electron chi connectivity index (χ1n) is 9.16. The Bertz CT molecular complexity index is 806. The fourth-order valence-electron chi connectivity index (χ4n) is 3.72.